The average Bonchev–Trinajstić information content (AvgIpc) is 3.15. The highest BCUT2D eigenvalue weighted by molar-refractivity contribution is 6.10. The zero-order valence-electron chi connectivity index (χ0n) is 17.4. The normalized spacial score (nSPS) is 14.1. The summed E-state index contributed by atoms with van der Waals surface area (Å²) in [4.78, 5) is 25.3. The van der Waals surface area contributed by atoms with Gasteiger partial charge in [-0.15, -0.1) is 0 Å². The number of nitrogens with zero attached hydrogens (tertiary/aromatic N) is 1. The van der Waals surface area contributed by atoms with E-state index < -0.39 is 0 Å². The number of anilines is 1. The lowest BCUT2D eigenvalue weighted by atomic mass is 9.93. The molecule has 0 fully saturated rings. The van der Waals surface area contributed by atoms with Gasteiger partial charge in [0.25, 0.3) is 11.8 Å². The zero-order chi connectivity index (χ0) is 21.8. The first-order valence-corrected chi connectivity index (χ1v) is 10.1. The van der Waals surface area contributed by atoms with Gasteiger partial charge in [0.05, 0.1) is 18.5 Å². The van der Waals surface area contributed by atoms with Crippen molar-refractivity contribution >= 4 is 23.2 Å². The zero-order valence-corrected chi connectivity index (χ0v) is 17.4. The van der Waals surface area contributed by atoms with E-state index in [1.165, 1.54) is 0 Å². The van der Waals surface area contributed by atoms with E-state index in [2.05, 4.69) is 15.8 Å². The van der Waals surface area contributed by atoms with E-state index >= 15 is 0 Å². The number of nitrogens with one attached hydrogen (secondary N) is 2. The number of methoxy groups -OCH3 is 1. The number of rotatable bonds is 5. The van der Waals surface area contributed by atoms with Crippen LogP contribution < -0.4 is 15.5 Å². The standard InChI is InChI=1S/C24H23N3O4/c1-15-21-18(26-27-23(28)16-9-4-3-5-10-16)12-8-14-20(21)31-22(15)24(29)25-17-11-6-7-13-19(17)30-2/h3-7,9-11,13H,8,12,14H2,1-2H3,(H,25,29)(H,27,28)/b26-18+. The summed E-state index contributed by atoms with van der Waals surface area (Å²) in [7, 11) is 1.55. The van der Waals surface area contributed by atoms with Gasteiger partial charge < -0.3 is 14.5 Å². The summed E-state index contributed by atoms with van der Waals surface area (Å²) in [6, 6.07) is 16.1. The number of ether oxygens (including phenoxy) is 1. The molecule has 158 valence electrons. The predicted molar refractivity (Wildman–Crippen MR) is 118 cm³/mol. The van der Waals surface area contributed by atoms with Gasteiger partial charge in [0, 0.05) is 23.1 Å². The minimum absolute atomic E-state index is 0.236. The van der Waals surface area contributed by atoms with Crippen molar-refractivity contribution in [2.75, 3.05) is 12.4 Å². The molecule has 0 bridgehead atoms. The number of furan rings is 1. The lowest BCUT2D eigenvalue weighted by molar-refractivity contribution is 0.0953. The molecule has 2 amide bonds. The van der Waals surface area contributed by atoms with E-state index in [-0.39, 0.29) is 17.6 Å². The second-order valence-corrected chi connectivity index (χ2v) is 7.23. The third kappa shape index (κ3) is 4.21. The highest BCUT2D eigenvalue weighted by atomic mass is 16.5. The van der Waals surface area contributed by atoms with Gasteiger partial charge in [-0.1, -0.05) is 30.3 Å². The van der Waals surface area contributed by atoms with Crippen LogP contribution in [0.25, 0.3) is 0 Å². The summed E-state index contributed by atoms with van der Waals surface area (Å²) in [5, 5.41) is 7.20. The van der Waals surface area contributed by atoms with Crippen molar-refractivity contribution in [1.29, 1.82) is 0 Å². The van der Waals surface area contributed by atoms with Gasteiger partial charge in [-0.3, -0.25) is 9.59 Å². The number of hydrazone groups is 1. The molecule has 7 nitrogen and oxygen atoms in total. The SMILES string of the molecule is COc1ccccc1NC(=O)c1oc2c(c1C)/C(=N/NC(=O)c1ccccc1)CCC2. The number of amides is 2. The fraction of sp³-hybridized carbons (Fsp3) is 0.208. The van der Waals surface area contributed by atoms with Crippen LogP contribution in [0.5, 0.6) is 5.75 Å². The van der Waals surface area contributed by atoms with Gasteiger partial charge in [0.15, 0.2) is 5.76 Å². The number of carbonyl (C=O) groups is 2. The topological polar surface area (TPSA) is 92.9 Å². The van der Waals surface area contributed by atoms with Crippen molar-refractivity contribution in [3.8, 4) is 5.75 Å². The molecule has 0 aliphatic heterocycles. The Morgan fingerprint density at radius 3 is 2.52 bits per heavy atom. The molecule has 1 aliphatic carbocycles. The first-order chi connectivity index (χ1) is 15.1. The maximum Gasteiger partial charge on any atom is 0.291 e. The minimum Gasteiger partial charge on any atom is -0.495 e. The van der Waals surface area contributed by atoms with E-state index in [1.807, 2.05) is 25.1 Å². The van der Waals surface area contributed by atoms with Crippen LogP contribution >= 0.6 is 0 Å². The summed E-state index contributed by atoms with van der Waals surface area (Å²) >= 11 is 0. The number of para-hydroxylation sites is 2. The van der Waals surface area contributed by atoms with Gasteiger partial charge in [-0.05, 0) is 44.0 Å². The molecular formula is C24H23N3O4. The molecule has 2 aromatic carbocycles. The smallest absolute Gasteiger partial charge is 0.291 e. The molecule has 1 aromatic heterocycles. The average molecular weight is 417 g/mol. The Morgan fingerprint density at radius 1 is 1.00 bits per heavy atom. The number of hydrogen-bond acceptors (Lipinski definition) is 5. The Bertz CT molecular complexity index is 1150. The number of benzene rings is 2. The van der Waals surface area contributed by atoms with Crippen LogP contribution in [0.4, 0.5) is 5.69 Å². The molecule has 0 unspecified atom stereocenters. The summed E-state index contributed by atoms with van der Waals surface area (Å²) in [5.41, 5.74) is 5.93. The van der Waals surface area contributed by atoms with Crippen LogP contribution in [-0.2, 0) is 6.42 Å². The molecule has 4 rings (SSSR count). The van der Waals surface area contributed by atoms with Crippen molar-refractivity contribution < 1.29 is 18.7 Å². The number of hydrogen-bond donors (Lipinski definition) is 2. The number of carbonyl (C=O) groups excluding carboxylic acids is 2. The highest BCUT2D eigenvalue weighted by Gasteiger charge is 2.28. The van der Waals surface area contributed by atoms with Crippen LogP contribution in [0.15, 0.2) is 64.1 Å². The largest absolute Gasteiger partial charge is 0.495 e. The fourth-order valence-electron chi connectivity index (χ4n) is 3.70. The first kappa shape index (κ1) is 20.4. The third-order valence-electron chi connectivity index (χ3n) is 5.22. The molecular weight excluding hydrogens is 394 g/mol. The molecule has 0 atom stereocenters. The third-order valence-corrected chi connectivity index (χ3v) is 5.22. The number of fused-ring (bicyclic) bond motifs is 1. The fourth-order valence-corrected chi connectivity index (χ4v) is 3.70. The molecule has 1 heterocycles. The quantitative estimate of drug-likeness (QED) is 0.605. The molecule has 0 radical (unpaired) electrons. The van der Waals surface area contributed by atoms with E-state index in [4.69, 9.17) is 9.15 Å². The predicted octanol–water partition coefficient (Wildman–Crippen LogP) is 4.32. The molecule has 31 heavy (non-hydrogen) atoms. The lowest BCUT2D eigenvalue weighted by Crippen LogP contribution is -2.22. The van der Waals surface area contributed by atoms with E-state index in [9.17, 15) is 9.59 Å². The van der Waals surface area contributed by atoms with Crippen LogP contribution in [0.1, 0.15) is 50.6 Å². The molecule has 1 aliphatic rings. The molecule has 3 aromatic rings. The van der Waals surface area contributed by atoms with Crippen LogP contribution in [0.2, 0.25) is 0 Å². The summed E-state index contributed by atoms with van der Waals surface area (Å²) in [6.45, 7) is 1.83. The summed E-state index contributed by atoms with van der Waals surface area (Å²) < 4.78 is 11.2. The monoisotopic (exact) mass is 417 g/mol. The van der Waals surface area contributed by atoms with Gasteiger partial charge in [-0.2, -0.15) is 5.10 Å². The van der Waals surface area contributed by atoms with Crippen molar-refractivity contribution in [2.45, 2.75) is 26.2 Å². The van der Waals surface area contributed by atoms with Crippen molar-refractivity contribution in [2.24, 2.45) is 5.10 Å². The van der Waals surface area contributed by atoms with Gasteiger partial charge >= 0.3 is 0 Å². The van der Waals surface area contributed by atoms with Crippen molar-refractivity contribution in [3.05, 3.63) is 82.8 Å². The maximum atomic E-state index is 12.9. The molecule has 0 spiro atoms. The van der Waals surface area contributed by atoms with E-state index in [1.54, 1.807) is 43.5 Å². The van der Waals surface area contributed by atoms with Crippen molar-refractivity contribution in [3.63, 3.8) is 0 Å². The Labute approximate surface area is 180 Å². The van der Waals surface area contributed by atoms with Crippen LogP contribution in [-0.4, -0.2) is 24.6 Å². The van der Waals surface area contributed by atoms with Gasteiger partial charge in [0.2, 0.25) is 0 Å². The lowest BCUT2D eigenvalue weighted by Gasteiger charge is -2.13. The second-order valence-electron chi connectivity index (χ2n) is 7.23. The molecule has 2 N–H and O–H groups in total. The molecule has 0 saturated heterocycles. The Kier molecular flexibility index (Phi) is 5.84. The Balaban J connectivity index is 1.58. The van der Waals surface area contributed by atoms with Crippen LogP contribution in [0, 0.1) is 6.92 Å². The summed E-state index contributed by atoms with van der Waals surface area (Å²) in [6.07, 6.45) is 2.23. The van der Waals surface area contributed by atoms with E-state index in [0.717, 1.165) is 12.0 Å². The van der Waals surface area contributed by atoms with Crippen LogP contribution in [0.3, 0.4) is 0 Å². The summed E-state index contributed by atoms with van der Waals surface area (Å²) in [5.74, 6) is 0.872. The van der Waals surface area contributed by atoms with Gasteiger partial charge in [0.1, 0.15) is 11.5 Å². The maximum absolute atomic E-state index is 12.9. The minimum atomic E-state index is -0.357. The number of aryl methyl sites for hydroxylation is 1. The Hall–Kier alpha value is -3.87. The highest BCUT2D eigenvalue weighted by Crippen LogP contribution is 2.31. The van der Waals surface area contributed by atoms with Gasteiger partial charge in [-0.25, -0.2) is 5.43 Å². The van der Waals surface area contributed by atoms with Crippen molar-refractivity contribution in [1.82, 2.24) is 5.43 Å². The van der Waals surface area contributed by atoms with E-state index in [0.29, 0.717) is 46.9 Å². The molecule has 7 heteroatoms. The first-order valence-electron chi connectivity index (χ1n) is 10.1. The second kappa shape index (κ2) is 8.87. The Morgan fingerprint density at radius 2 is 1.74 bits per heavy atom. The molecule has 0 saturated carbocycles.